The van der Waals surface area contributed by atoms with Crippen LogP contribution in [-0.2, 0) is 9.59 Å². The fourth-order valence-electron chi connectivity index (χ4n) is 1.59. The number of amides is 1. The molecule has 0 aliphatic carbocycles. The topological polar surface area (TPSA) is 98.2 Å². The minimum absolute atomic E-state index is 0.250. The first kappa shape index (κ1) is 16.1. The van der Waals surface area contributed by atoms with Crippen molar-refractivity contribution in [3.63, 3.8) is 0 Å². The zero-order valence-corrected chi connectivity index (χ0v) is 10.8. The summed E-state index contributed by atoms with van der Waals surface area (Å²) in [6, 6.07) is -0.973. The lowest BCUT2D eigenvalue weighted by Crippen LogP contribution is -2.46. The summed E-state index contributed by atoms with van der Waals surface area (Å²) < 4.78 is 0. The van der Waals surface area contributed by atoms with Gasteiger partial charge in [0.15, 0.2) is 0 Å². The number of nitrogens with one attached hydrogen (secondary N) is 1. The first-order chi connectivity index (χ1) is 8.01. The average Bonchev–Trinajstić information content (AvgIpc) is 2.27. The van der Waals surface area contributed by atoms with Crippen molar-refractivity contribution in [2.45, 2.75) is 51.6 Å². The Bertz CT molecular complexity index is 232. The molecule has 0 aliphatic rings. The zero-order chi connectivity index (χ0) is 13.3. The van der Waals surface area contributed by atoms with Gasteiger partial charge in [-0.05, 0) is 31.7 Å². The molecule has 0 aromatic heterocycles. The van der Waals surface area contributed by atoms with E-state index in [4.69, 9.17) is 11.5 Å². The largest absolute Gasteiger partial charge is 0.345 e. The molecule has 100 valence electrons. The Morgan fingerprint density at radius 3 is 2.47 bits per heavy atom. The van der Waals surface area contributed by atoms with Gasteiger partial charge in [0, 0.05) is 0 Å². The van der Waals surface area contributed by atoms with E-state index < -0.39 is 12.1 Å². The quantitative estimate of drug-likeness (QED) is 0.397. The molecule has 5 N–H and O–H groups in total. The molecular formula is C12H25N3O2. The molecule has 0 rings (SSSR count). The number of unbranched alkanes of at least 4 members (excludes halogenated alkanes) is 1. The van der Waals surface area contributed by atoms with Crippen molar-refractivity contribution >= 4 is 12.2 Å². The highest BCUT2D eigenvalue weighted by Crippen LogP contribution is 2.04. The molecule has 0 heterocycles. The molecule has 0 saturated heterocycles. The Hall–Kier alpha value is -0.940. The molecule has 5 heteroatoms. The average molecular weight is 243 g/mol. The number of carbonyl (C=O) groups is 2. The minimum atomic E-state index is -0.545. The SMILES string of the molecule is CC(C)CC(C=O)NC(=O)C(N)CCCCN. The molecule has 0 spiro atoms. The monoisotopic (exact) mass is 243 g/mol. The van der Waals surface area contributed by atoms with E-state index in [1.54, 1.807) is 0 Å². The van der Waals surface area contributed by atoms with E-state index in [9.17, 15) is 9.59 Å². The van der Waals surface area contributed by atoms with Crippen LogP contribution in [0.15, 0.2) is 0 Å². The van der Waals surface area contributed by atoms with Gasteiger partial charge in [0.2, 0.25) is 5.91 Å². The first-order valence-corrected chi connectivity index (χ1v) is 6.22. The highest BCUT2D eigenvalue weighted by molar-refractivity contribution is 5.84. The first-order valence-electron chi connectivity index (χ1n) is 6.22. The van der Waals surface area contributed by atoms with E-state index in [2.05, 4.69) is 5.32 Å². The van der Waals surface area contributed by atoms with E-state index in [0.717, 1.165) is 19.1 Å². The van der Waals surface area contributed by atoms with Gasteiger partial charge in [0.25, 0.3) is 0 Å². The van der Waals surface area contributed by atoms with Gasteiger partial charge in [-0.25, -0.2) is 0 Å². The molecule has 0 aromatic carbocycles. The minimum Gasteiger partial charge on any atom is -0.345 e. The summed E-state index contributed by atoms with van der Waals surface area (Å²) in [6.45, 7) is 4.62. The van der Waals surface area contributed by atoms with Crippen molar-refractivity contribution in [1.82, 2.24) is 5.32 Å². The third kappa shape index (κ3) is 7.88. The summed E-state index contributed by atoms with van der Waals surface area (Å²) in [4.78, 5) is 22.4. The van der Waals surface area contributed by atoms with Crippen LogP contribution in [0.2, 0.25) is 0 Å². The Morgan fingerprint density at radius 2 is 2.00 bits per heavy atom. The Balaban J connectivity index is 3.99. The van der Waals surface area contributed by atoms with Crippen molar-refractivity contribution in [2.75, 3.05) is 6.54 Å². The van der Waals surface area contributed by atoms with Gasteiger partial charge >= 0.3 is 0 Å². The van der Waals surface area contributed by atoms with Crippen molar-refractivity contribution in [1.29, 1.82) is 0 Å². The van der Waals surface area contributed by atoms with Gasteiger partial charge in [-0.15, -0.1) is 0 Å². The normalized spacial score (nSPS) is 14.4. The Labute approximate surface area is 103 Å². The van der Waals surface area contributed by atoms with E-state index in [1.807, 2.05) is 13.8 Å². The van der Waals surface area contributed by atoms with Crippen LogP contribution in [0.1, 0.15) is 39.5 Å². The molecule has 17 heavy (non-hydrogen) atoms. The van der Waals surface area contributed by atoms with Crippen LogP contribution in [0.3, 0.4) is 0 Å². The summed E-state index contributed by atoms with van der Waals surface area (Å²) >= 11 is 0. The summed E-state index contributed by atoms with van der Waals surface area (Å²) in [6.07, 6.45) is 3.72. The van der Waals surface area contributed by atoms with Crippen molar-refractivity contribution < 1.29 is 9.59 Å². The van der Waals surface area contributed by atoms with Crippen LogP contribution in [0.5, 0.6) is 0 Å². The fraction of sp³-hybridized carbons (Fsp3) is 0.833. The van der Waals surface area contributed by atoms with Gasteiger partial charge in [-0.1, -0.05) is 20.3 Å². The van der Waals surface area contributed by atoms with Crippen molar-refractivity contribution in [3.05, 3.63) is 0 Å². The van der Waals surface area contributed by atoms with Crippen LogP contribution in [0.4, 0.5) is 0 Å². The number of aldehydes is 1. The van der Waals surface area contributed by atoms with Crippen LogP contribution in [0.25, 0.3) is 0 Å². The summed E-state index contributed by atoms with van der Waals surface area (Å²) in [5.41, 5.74) is 11.1. The Morgan fingerprint density at radius 1 is 1.35 bits per heavy atom. The second-order valence-electron chi connectivity index (χ2n) is 4.77. The van der Waals surface area contributed by atoms with Crippen LogP contribution in [0, 0.1) is 5.92 Å². The standard InChI is InChI=1S/C12H25N3O2/c1-9(2)7-10(8-16)15-12(17)11(14)5-3-4-6-13/h8-11H,3-7,13-14H2,1-2H3,(H,15,17). The molecular weight excluding hydrogens is 218 g/mol. The summed E-state index contributed by atoms with van der Waals surface area (Å²) in [7, 11) is 0. The van der Waals surface area contributed by atoms with Gasteiger partial charge < -0.3 is 21.6 Å². The third-order valence-corrected chi connectivity index (χ3v) is 2.52. The predicted octanol–water partition coefficient (Wildman–Crippen LogP) is 0.173. The predicted molar refractivity (Wildman–Crippen MR) is 68.3 cm³/mol. The molecule has 0 bridgehead atoms. The molecule has 0 saturated carbocycles. The lowest BCUT2D eigenvalue weighted by atomic mass is 10.0. The number of rotatable bonds is 9. The Kier molecular flexibility index (Phi) is 8.62. The van der Waals surface area contributed by atoms with Crippen LogP contribution < -0.4 is 16.8 Å². The van der Waals surface area contributed by atoms with Crippen molar-refractivity contribution in [2.24, 2.45) is 17.4 Å². The maximum Gasteiger partial charge on any atom is 0.237 e. The summed E-state index contributed by atoms with van der Waals surface area (Å²) in [5.74, 6) is 0.110. The number of carbonyl (C=O) groups excluding carboxylic acids is 2. The molecule has 0 aromatic rings. The number of nitrogens with two attached hydrogens (primary N) is 2. The highest BCUT2D eigenvalue weighted by Gasteiger charge is 2.17. The van der Waals surface area contributed by atoms with Crippen LogP contribution >= 0.6 is 0 Å². The third-order valence-electron chi connectivity index (χ3n) is 2.52. The van der Waals surface area contributed by atoms with E-state index >= 15 is 0 Å². The zero-order valence-electron chi connectivity index (χ0n) is 10.8. The fourth-order valence-corrected chi connectivity index (χ4v) is 1.59. The van der Waals surface area contributed by atoms with E-state index in [-0.39, 0.29) is 5.91 Å². The number of hydrogen-bond donors (Lipinski definition) is 3. The molecule has 0 aliphatic heterocycles. The second kappa shape index (κ2) is 9.13. The second-order valence-corrected chi connectivity index (χ2v) is 4.77. The van der Waals surface area contributed by atoms with E-state index in [0.29, 0.717) is 25.3 Å². The van der Waals surface area contributed by atoms with E-state index in [1.165, 1.54) is 0 Å². The molecule has 0 fully saturated rings. The molecule has 0 radical (unpaired) electrons. The smallest absolute Gasteiger partial charge is 0.237 e. The lowest BCUT2D eigenvalue weighted by Gasteiger charge is -2.18. The van der Waals surface area contributed by atoms with Gasteiger partial charge in [0.1, 0.15) is 6.29 Å². The van der Waals surface area contributed by atoms with Crippen molar-refractivity contribution in [3.8, 4) is 0 Å². The number of hydrogen-bond acceptors (Lipinski definition) is 4. The summed E-state index contributed by atoms with van der Waals surface area (Å²) in [5, 5.41) is 2.66. The lowest BCUT2D eigenvalue weighted by molar-refractivity contribution is -0.125. The van der Waals surface area contributed by atoms with Crippen LogP contribution in [-0.4, -0.2) is 30.8 Å². The molecule has 2 unspecified atom stereocenters. The highest BCUT2D eigenvalue weighted by atomic mass is 16.2. The van der Waals surface area contributed by atoms with Gasteiger partial charge in [-0.3, -0.25) is 4.79 Å². The maximum atomic E-state index is 11.7. The van der Waals surface area contributed by atoms with Gasteiger partial charge in [0.05, 0.1) is 12.1 Å². The molecule has 5 nitrogen and oxygen atoms in total. The van der Waals surface area contributed by atoms with Gasteiger partial charge in [-0.2, -0.15) is 0 Å². The molecule has 2 atom stereocenters. The maximum absolute atomic E-state index is 11.7. The molecule has 1 amide bonds.